The van der Waals surface area contributed by atoms with Crippen molar-refractivity contribution in [2.75, 3.05) is 5.43 Å². The summed E-state index contributed by atoms with van der Waals surface area (Å²) < 4.78 is 39.6. The average molecular weight is 440 g/mol. The summed E-state index contributed by atoms with van der Waals surface area (Å²) in [6, 6.07) is 10.1. The number of pyridine rings is 1. The summed E-state index contributed by atoms with van der Waals surface area (Å²) in [5, 5.41) is 8.81. The number of hydrazine groups is 1. The minimum absolute atomic E-state index is 0.0313. The summed E-state index contributed by atoms with van der Waals surface area (Å²) >= 11 is 11.9. The Bertz CT molecular complexity index is 1120. The molecular formula is C18H10Cl2F3N5O. The predicted molar refractivity (Wildman–Crippen MR) is 101 cm³/mol. The molecule has 2 aromatic heterocycles. The van der Waals surface area contributed by atoms with E-state index < -0.39 is 17.6 Å². The van der Waals surface area contributed by atoms with Crippen LogP contribution >= 0.6 is 23.2 Å². The number of hydrogen-bond donors (Lipinski definition) is 2. The average Bonchev–Trinajstić information content (AvgIpc) is 3.15. The highest BCUT2D eigenvalue weighted by Crippen LogP contribution is 2.32. The molecule has 1 aromatic carbocycles. The number of benzene rings is 1. The van der Waals surface area contributed by atoms with E-state index in [9.17, 15) is 18.0 Å². The molecule has 3 aromatic rings. The van der Waals surface area contributed by atoms with Crippen molar-refractivity contribution in [2.24, 2.45) is 0 Å². The molecule has 6 nitrogen and oxygen atoms in total. The molecule has 0 fully saturated rings. The van der Waals surface area contributed by atoms with Crippen molar-refractivity contribution >= 4 is 34.8 Å². The number of carbonyl (C=O) groups excluding carboxylic acids is 1. The standard InChI is InChI=1S/C18H10Cl2F3N5O/c19-13-7-12(4-3-10(13)8-24)26-27-17(29)15-2-1-5-28(15)16-14(20)6-11(9-25-16)18(21,22)23/h1-7,9,26H,(H,27,29). The van der Waals surface area contributed by atoms with E-state index in [4.69, 9.17) is 28.5 Å². The molecule has 0 aliphatic carbocycles. The lowest BCUT2D eigenvalue weighted by Gasteiger charge is -2.13. The zero-order valence-electron chi connectivity index (χ0n) is 14.3. The van der Waals surface area contributed by atoms with E-state index >= 15 is 0 Å². The Morgan fingerprint density at radius 2 is 1.93 bits per heavy atom. The zero-order valence-corrected chi connectivity index (χ0v) is 15.8. The zero-order chi connectivity index (χ0) is 21.2. The van der Waals surface area contributed by atoms with Crippen LogP contribution in [0.1, 0.15) is 21.6 Å². The van der Waals surface area contributed by atoms with E-state index in [1.807, 2.05) is 6.07 Å². The van der Waals surface area contributed by atoms with Gasteiger partial charge in [0.1, 0.15) is 11.8 Å². The second-order valence-corrected chi connectivity index (χ2v) is 6.49. The van der Waals surface area contributed by atoms with Gasteiger partial charge in [0.2, 0.25) is 0 Å². The van der Waals surface area contributed by atoms with E-state index in [0.29, 0.717) is 11.9 Å². The number of carbonyl (C=O) groups is 1. The SMILES string of the molecule is N#Cc1ccc(NNC(=O)c2cccn2-c2ncc(C(F)(F)F)cc2Cl)cc1Cl. The lowest BCUT2D eigenvalue weighted by molar-refractivity contribution is -0.137. The van der Waals surface area contributed by atoms with Gasteiger partial charge in [0.05, 0.1) is 26.9 Å². The summed E-state index contributed by atoms with van der Waals surface area (Å²) in [4.78, 5) is 16.2. The molecule has 0 aliphatic rings. The fraction of sp³-hybridized carbons (Fsp3) is 0.0556. The molecule has 0 radical (unpaired) electrons. The maximum atomic E-state index is 12.8. The van der Waals surface area contributed by atoms with Crippen molar-refractivity contribution in [1.82, 2.24) is 15.0 Å². The Morgan fingerprint density at radius 1 is 1.17 bits per heavy atom. The van der Waals surface area contributed by atoms with Crippen LogP contribution in [0.15, 0.2) is 48.8 Å². The molecule has 0 bridgehead atoms. The number of hydrogen-bond acceptors (Lipinski definition) is 4. The fourth-order valence-electron chi connectivity index (χ4n) is 2.39. The van der Waals surface area contributed by atoms with Crippen molar-refractivity contribution in [3.8, 4) is 11.9 Å². The second-order valence-electron chi connectivity index (χ2n) is 5.68. The van der Waals surface area contributed by atoms with Crippen LogP contribution in [0.3, 0.4) is 0 Å². The minimum atomic E-state index is -4.58. The highest BCUT2D eigenvalue weighted by molar-refractivity contribution is 6.32. The van der Waals surface area contributed by atoms with Gasteiger partial charge in [-0.2, -0.15) is 18.4 Å². The number of halogens is 5. The topological polar surface area (TPSA) is 82.7 Å². The van der Waals surface area contributed by atoms with Gasteiger partial charge in [0.25, 0.3) is 5.91 Å². The van der Waals surface area contributed by atoms with Crippen LogP contribution in [-0.4, -0.2) is 15.5 Å². The van der Waals surface area contributed by atoms with Crippen molar-refractivity contribution in [3.63, 3.8) is 0 Å². The van der Waals surface area contributed by atoms with Crippen LogP contribution in [0.4, 0.5) is 18.9 Å². The third kappa shape index (κ3) is 4.45. The molecule has 1 amide bonds. The van der Waals surface area contributed by atoms with Gasteiger partial charge >= 0.3 is 6.18 Å². The van der Waals surface area contributed by atoms with Crippen LogP contribution in [0.25, 0.3) is 5.82 Å². The first-order valence-electron chi connectivity index (χ1n) is 7.87. The maximum absolute atomic E-state index is 12.8. The van der Waals surface area contributed by atoms with Gasteiger partial charge in [-0.3, -0.25) is 20.2 Å². The van der Waals surface area contributed by atoms with Gasteiger partial charge < -0.3 is 0 Å². The second kappa shape index (κ2) is 8.03. The molecular weight excluding hydrogens is 430 g/mol. The van der Waals surface area contributed by atoms with Crippen LogP contribution in [0, 0.1) is 11.3 Å². The predicted octanol–water partition coefficient (Wildman–Crippen LogP) is 4.83. The molecule has 2 heterocycles. The summed E-state index contributed by atoms with van der Waals surface area (Å²) in [5.41, 5.74) is 4.85. The van der Waals surface area contributed by atoms with Gasteiger partial charge in [-0.15, -0.1) is 0 Å². The molecule has 29 heavy (non-hydrogen) atoms. The molecule has 148 valence electrons. The Labute approximate surface area is 172 Å². The molecule has 0 saturated carbocycles. The molecule has 0 saturated heterocycles. The number of nitrogens with one attached hydrogen (secondary N) is 2. The van der Waals surface area contributed by atoms with E-state index in [1.165, 1.54) is 41.1 Å². The van der Waals surface area contributed by atoms with Crippen LogP contribution in [-0.2, 0) is 6.18 Å². The maximum Gasteiger partial charge on any atom is 0.417 e. The number of anilines is 1. The lowest BCUT2D eigenvalue weighted by atomic mass is 10.2. The Morgan fingerprint density at radius 3 is 2.55 bits per heavy atom. The number of amides is 1. The van der Waals surface area contributed by atoms with E-state index in [1.54, 1.807) is 0 Å². The number of aromatic nitrogens is 2. The van der Waals surface area contributed by atoms with Crippen molar-refractivity contribution in [3.05, 3.63) is 75.7 Å². The van der Waals surface area contributed by atoms with E-state index in [-0.39, 0.29) is 27.1 Å². The minimum Gasteiger partial charge on any atom is -0.298 e. The third-order valence-corrected chi connectivity index (χ3v) is 4.36. The smallest absolute Gasteiger partial charge is 0.298 e. The first-order valence-corrected chi connectivity index (χ1v) is 8.63. The lowest BCUT2D eigenvalue weighted by Crippen LogP contribution is -2.31. The van der Waals surface area contributed by atoms with Crippen LogP contribution in [0.2, 0.25) is 10.0 Å². The quantitative estimate of drug-likeness (QED) is 0.570. The van der Waals surface area contributed by atoms with Crippen molar-refractivity contribution in [1.29, 1.82) is 5.26 Å². The van der Waals surface area contributed by atoms with E-state index in [2.05, 4.69) is 15.8 Å². The summed E-state index contributed by atoms with van der Waals surface area (Å²) in [6.07, 6.45) is -2.51. The molecule has 0 spiro atoms. The number of alkyl halides is 3. The molecule has 11 heteroatoms. The Balaban J connectivity index is 1.80. The number of rotatable bonds is 4. The summed E-state index contributed by atoms with van der Waals surface area (Å²) in [5.74, 6) is -0.635. The molecule has 2 N–H and O–H groups in total. The van der Waals surface area contributed by atoms with Gasteiger partial charge in [0, 0.05) is 12.4 Å². The van der Waals surface area contributed by atoms with Crippen LogP contribution in [0.5, 0.6) is 0 Å². The highest BCUT2D eigenvalue weighted by Gasteiger charge is 2.32. The first kappa shape index (κ1) is 20.5. The summed E-state index contributed by atoms with van der Waals surface area (Å²) in [7, 11) is 0. The van der Waals surface area contributed by atoms with E-state index in [0.717, 1.165) is 6.07 Å². The Kier molecular flexibility index (Phi) is 5.68. The van der Waals surface area contributed by atoms with Gasteiger partial charge in [0.15, 0.2) is 5.82 Å². The fourth-order valence-corrected chi connectivity index (χ4v) is 2.87. The summed E-state index contributed by atoms with van der Waals surface area (Å²) in [6.45, 7) is 0. The molecule has 0 aliphatic heterocycles. The molecule has 3 rings (SSSR count). The normalized spacial score (nSPS) is 11.0. The number of nitrogens with zero attached hydrogens (tertiary/aromatic N) is 3. The van der Waals surface area contributed by atoms with Crippen molar-refractivity contribution < 1.29 is 18.0 Å². The first-order chi connectivity index (χ1) is 13.7. The molecule has 0 atom stereocenters. The highest BCUT2D eigenvalue weighted by atomic mass is 35.5. The van der Waals surface area contributed by atoms with Crippen LogP contribution < -0.4 is 10.9 Å². The van der Waals surface area contributed by atoms with Gasteiger partial charge in [-0.05, 0) is 36.4 Å². The third-order valence-electron chi connectivity index (χ3n) is 3.77. The largest absolute Gasteiger partial charge is 0.417 e. The van der Waals surface area contributed by atoms with Gasteiger partial charge in [-0.25, -0.2) is 4.98 Å². The Hall–Kier alpha value is -3.22. The number of nitriles is 1. The monoisotopic (exact) mass is 439 g/mol. The molecule has 0 unspecified atom stereocenters. The van der Waals surface area contributed by atoms with Gasteiger partial charge in [-0.1, -0.05) is 23.2 Å². The van der Waals surface area contributed by atoms with Crippen molar-refractivity contribution in [2.45, 2.75) is 6.18 Å².